The molecule has 2 aromatic heterocycles. The number of aliphatic hydroxyl groups is 1. The second-order valence-electron chi connectivity index (χ2n) is 3.88. The topological polar surface area (TPSA) is 37.5 Å². The molecule has 3 rings (SSSR count). The molecule has 1 N–H and O–H groups in total. The van der Waals surface area contributed by atoms with E-state index in [1.54, 1.807) is 16.9 Å². The zero-order valence-electron chi connectivity index (χ0n) is 8.30. The summed E-state index contributed by atoms with van der Waals surface area (Å²) in [6.07, 6.45) is 7.26. The van der Waals surface area contributed by atoms with Gasteiger partial charge in [0.05, 0.1) is 11.9 Å². The lowest BCUT2D eigenvalue weighted by Crippen LogP contribution is -2.01. The highest BCUT2D eigenvalue weighted by Crippen LogP contribution is 2.49. The molecular formula is C11H9FN2OS. The van der Waals surface area contributed by atoms with Crippen molar-refractivity contribution in [1.82, 2.24) is 9.38 Å². The summed E-state index contributed by atoms with van der Waals surface area (Å²) < 4.78 is 14.8. The van der Waals surface area contributed by atoms with Crippen LogP contribution in [0, 0.1) is 12.3 Å². The van der Waals surface area contributed by atoms with Gasteiger partial charge in [-0.05, 0) is 6.42 Å². The number of fused-ring (bicyclic) bond motifs is 1. The molecule has 0 aliphatic heterocycles. The van der Waals surface area contributed by atoms with Crippen molar-refractivity contribution < 1.29 is 9.50 Å². The van der Waals surface area contributed by atoms with Crippen LogP contribution < -0.4 is 0 Å². The fraction of sp³-hybridized carbons (Fsp3) is 0.364. The Bertz CT molecular complexity index is 582. The van der Waals surface area contributed by atoms with Gasteiger partial charge in [-0.1, -0.05) is 5.92 Å². The Balaban J connectivity index is 2.19. The largest absolute Gasteiger partial charge is 0.374 e. The van der Waals surface area contributed by atoms with E-state index in [1.807, 2.05) is 0 Å². The Morgan fingerprint density at radius 2 is 2.50 bits per heavy atom. The smallest absolute Gasteiger partial charge is 0.156 e. The molecule has 1 saturated carbocycles. The Kier molecular flexibility index (Phi) is 2.03. The van der Waals surface area contributed by atoms with Crippen molar-refractivity contribution in [3.63, 3.8) is 0 Å². The van der Waals surface area contributed by atoms with Gasteiger partial charge in [0.25, 0.3) is 0 Å². The molecule has 0 bridgehead atoms. The van der Waals surface area contributed by atoms with Crippen LogP contribution in [0.4, 0.5) is 4.39 Å². The van der Waals surface area contributed by atoms with Gasteiger partial charge in [-0.3, -0.25) is 4.40 Å². The van der Waals surface area contributed by atoms with Crippen molar-refractivity contribution >= 4 is 16.2 Å². The lowest BCUT2D eigenvalue weighted by molar-refractivity contribution is 0.231. The fourth-order valence-electron chi connectivity index (χ4n) is 1.87. The molecule has 0 saturated heterocycles. The van der Waals surface area contributed by atoms with Gasteiger partial charge in [0.2, 0.25) is 0 Å². The number of imidazole rings is 1. The summed E-state index contributed by atoms with van der Waals surface area (Å²) in [4.78, 5) is 5.72. The van der Waals surface area contributed by atoms with Gasteiger partial charge < -0.3 is 5.11 Å². The van der Waals surface area contributed by atoms with E-state index in [4.69, 9.17) is 6.42 Å². The van der Waals surface area contributed by atoms with E-state index in [0.717, 1.165) is 9.71 Å². The molecule has 1 aliphatic rings. The number of terminal acetylenes is 1. The Morgan fingerprint density at radius 3 is 3.12 bits per heavy atom. The summed E-state index contributed by atoms with van der Waals surface area (Å²) in [6.45, 7) is 0. The minimum atomic E-state index is -0.995. The first-order chi connectivity index (χ1) is 7.72. The fourth-order valence-corrected chi connectivity index (χ4v) is 3.16. The van der Waals surface area contributed by atoms with E-state index >= 15 is 0 Å². The van der Waals surface area contributed by atoms with Crippen molar-refractivity contribution in [2.24, 2.45) is 0 Å². The molecule has 16 heavy (non-hydrogen) atoms. The summed E-state index contributed by atoms with van der Waals surface area (Å²) in [5, 5.41) is 9.78. The number of halogens is 1. The SMILES string of the molecule is C#CC(O)c1c([C@@H]2C[C@@H]2F)sc2cncn12. The first kappa shape index (κ1) is 9.82. The molecule has 2 aromatic rings. The molecule has 1 fully saturated rings. The number of alkyl halides is 1. The van der Waals surface area contributed by atoms with Crippen molar-refractivity contribution in [1.29, 1.82) is 0 Å². The van der Waals surface area contributed by atoms with E-state index < -0.39 is 12.3 Å². The van der Waals surface area contributed by atoms with Gasteiger partial charge in [-0.25, -0.2) is 9.37 Å². The first-order valence-corrected chi connectivity index (χ1v) is 5.77. The van der Waals surface area contributed by atoms with Crippen LogP contribution in [0.3, 0.4) is 0 Å². The maximum atomic E-state index is 13.1. The number of hydrogen-bond acceptors (Lipinski definition) is 3. The number of nitrogens with zero attached hydrogens (tertiary/aromatic N) is 2. The number of rotatable bonds is 2. The van der Waals surface area contributed by atoms with Gasteiger partial charge in [0, 0.05) is 10.8 Å². The maximum absolute atomic E-state index is 13.1. The van der Waals surface area contributed by atoms with Crippen molar-refractivity contribution in [3.05, 3.63) is 23.1 Å². The Labute approximate surface area is 95.6 Å². The number of aromatic nitrogens is 2. The number of hydrogen-bond donors (Lipinski definition) is 1. The molecule has 5 heteroatoms. The lowest BCUT2D eigenvalue weighted by Gasteiger charge is -2.05. The number of aliphatic hydroxyl groups excluding tert-OH is 1. The molecule has 2 heterocycles. The summed E-state index contributed by atoms with van der Waals surface area (Å²) in [5.41, 5.74) is 0.602. The van der Waals surface area contributed by atoms with Crippen LogP contribution in [-0.2, 0) is 0 Å². The van der Waals surface area contributed by atoms with Crippen LogP contribution in [0.15, 0.2) is 12.5 Å². The van der Waals surface area contributed by atoms with Crippen molar-refractivity contribution in [2.45, 2.75) is 24.6 Å². The standard InChI is InChI=1S/C11H9FN2OS/c1-2-8(15)10-11(6-3-7(6)12)16-9-4-13-5-14(9)10/h1,4-8,15H,3H2/t6-,7+,8?/m1/s1. The van der Waals surface area contributed by atoms with Crippen LogP contribution in [0.1, 0.15) is 29.0 Å². The molecule has 1 aliphatic carbocycles. The van der Waals surface area contributed by atoms with Crippen LogP contribution in [-0.4, -0.2) is 20.7 Å². The van der Waals surface area contributed by atoms with E-state index in [2.05, 4.69) is 10.9 Å². The zero-order valence-corrected chi connectivity index (χ0v) is 9.12. The average molecular weight is 236 g/mol. The monoisotopic (exact) mass is 236 g/mol. The molecule has 0 radical (unpaired) electrons. The maximum Gasteiger partial charge on any atom is 0.156 e. The lowest BCUT2D eigenvalue weighted by atomic mass is 10.2. The molecule has 0 aromatic carbocycles. The third kappa shape index (κ3) is 1.27. The molecule has 0 amide bonds. The molecule has 0 spiro atoms. The zero-order chi connectivity index (χ0) is 11.3. The van der Waals surface area contributed by atoms with Gasteiger partial charge >= 0.3 is 0 Å². The van der Waals surface area contributed by atoms with Crippen LogP contribution in [0.5, 0.6) is 0 Å². The highest BCUT2D eigenvalue weighted by Gasteiger charge is 2.42. The molecule has 3 nitrogen and oxygen atoms in total. The Morgan fingerprint density at radius 1 is 1.75 bits per heavy atom. The molecule has 82 valence electrons. The van der Waals surface area contributed by atoms with Crippen molar-refractivity contribution in [2.75, 3.05) is 0 Å². The van der Waals surface area contributed by atoms with Gasteiger partial charge in [0.15, 0.2) is 6.10 Å². The predicted octanol–water partition coefficient (Wildman–Crippen LogP) is 1.89. The highest BCUT2D eigenvalue weighted by atomic mass is 32.1. The van der Waals surface area contributed by atoms with E-state index in [9.17, 15) is 9.50 Å². The van der Waals surface area contributed by atoms with Crippen molar-refractivity contribution in [3.8, 4) is 12.3 Å². The number of thiazole rings is 1. The van der Waals surface area contributed by atoms with Crippen LogP contribution >= 0.6 is 11.3 Å². The van der Waals surface area contributed by atoms with Gasteiger partial charge in [-0.15, -0.1) is 17.8 Å². The normalized spacial score (nSPS) is 25.6. The van der Waals surface area contributed by atoms with E-state index in [-0.39, 0.29) is 5.92 Å². The van der Waals surface area contributed by atoms with Gasteiger partial charge in [0.1, 0.15) is 17.3 Å². The quantitative estimate of drug-likeness (QED) is 0.808. The summed E-state index contributed by atoms with van der Waals surface area (Å²) in [6, 6.07) is 0. The minimum Gasteiger partial charge on any atom is -0.374 e. The summed E-state index contributed by atoms with van der Waals surface area (Å²) in [5.74, 6) is 2.18. The summed E-state index contributed by atoms with van der Waals surface area (Å²) >= 11 is 1.45. The second-order valence-corrected chi connectivity index (χ2v) is 4.94. The first-order valence-electron chi connectivity index (χ1n) is 4.95. The Hall–Kier alpha value is -1.38. The van der Waals surface area contributed by atoms with E-state index in [1.165, 1.54) is 11.3 Å². The third-order valence-corrected chi connectivity index (χ3v) is 4.04. The predicted molar refractivity (Wildman–Crippen MR) is 59.1 cm³/mol. The minimum absolute atomic E-state index is 0.0945. The summed E-state index contributed by atoms with van der Waals surface area (Å²) in [7, 11) is 0. The molecule has 1 unspecified atom stereocenters. The van der Waals surface area contributed by atoms with Gasteiger partial charge in [-0.2, -0.15) is 0 Å². The van der Waals surface area contributed by atoms with E-state index in [0.29, 0.717) is 12.1 Å². The van der Waals surface area contributed by atoms with Crippen LogP contribution in [0.25, 0.3) is 4.83 Å². The highest BCUT2D eigenvalue weighted by molar-refractivity contribution is 7.17. The molecule has 3 atom stereocenters. The average Bonchev–Trinajstić information content (AvgIpc) is 2.72. The second kappa shape index (κ2) is 3.30. The van der Waals surface area contributed by atoms with Crippen LogP contribution in [0.2, 0.25) is 0 Å². The third-order valence-electron chi connectivity index (χ3n) is 2.80. The molecular weight excluding hydrogens is 227 g/mol.